The molecule has 0 radical (unpaired) electrons. The van der Waals surface area contributed by atoms with Crippen molar-refractivity contribution in [1.29, 1.82) is 0 Å². The van der Waals surface area contributed by atoms with Gasteiger partial charge >= 0.3 is 0 Å². The number of nitrogens with zero attached hydrogens (tertiary/aromatic N) is 2. The average molecular weight is 527 g/mol. The third-order valence-corrected chi connectivity index (χ3v) is 8.68. The quantitative estimate of drug-likeness (QED) is 0.302. The molecule has 5 atom stereocenters. The molecule has 204 valence electrons. The molecular formula is C27H34N4O7. The zero-order valence-corrected chi connectivity index (χ0v) is 21.9. The molecule has 5 rings (SSSR count). The SMILES string of the molecule is CCNC1CCN(C)c2c1cc(O)c1c2C[C@@H]2C[C@@H]3[C@@H](N(C)C)C(=O)C(C(N)=O)=C(O)[C@@]3(O)C(=O)C2=C1O. The van der Waals surface area contributed by atoms with Crippen molar-refractivity contribution in [2.24, 2.45) is 17.6 Å². The van der Waals surface area contributed by atoms with Gasteiger partial charge in [-0.1, -0.05) is 6.92 Å². The van der Waals surface area contributed by atoms with E-state index in [1.54, 1.807) is 20.2 Å². The average Bonchev–Trinajstić information content (AvgIpc) is 2.82. The molecule has 1 saturated carbocycles. The Balaban J connectivity index is 1.73. The number of Topliss-reactive ketones (excluding diaryl/α,β-unsaturated/α-hetero) is 2. The fourth-order valence-corrected chi connectivity index (χ4v) is 7.10. The lowest BCUT2D eigenvalue weighted by Crippen LogP contribution is -2.65. The van der Waals surface area contributed by atoms with Crippen LogP contribution in [-0.4, -0.2) is 88.7 Å². The van der Waals surface area contributed by atoms with Gasteiger partial charge in [-0.05, 0) is 63.0 Å². The van der Waals surface area contributed by atoms with Gasteiger partial charge in [0.25, 0.3) is 5.91 Å². The number of aliphatic hydroxyl groups is 3. The van der Waals surface area contributed by atoms with Gasteiger partial charge < -0.3 is 36.4 Å². The van der Waals surface area contributed by atoms with Crippen LogP contribution >= 0.6 is 0 Å². The number of phenolic OH excluding ortho intramolecular Hbond substituents is 1. The van der Waals surface area contributed by atoms with Crippen molar-refractivity contribution < 1.29 is 34.8 Å². The summed E-state index contributed by atoms with van der Waals surface area (Å²) in [6.07, 6.45) is 1.17. The van der Waals surface area contributed by atoms with Gasteiger partial charge in [-0.15, -0.1) is 0 Å². The van der Waals surface area contributed by atoms with Crippen molar-refractivity contribution >= 4 is 28.9 Å². The lowest BCUT2D eigenvalue weighted by Gasteiger charge is -2.50. The van der Waals surface area contributed by atoms with Crippen molar-refractivity contribution in [3.05, 3.63) is 39.7 Å². The molecule has 0 spiro atoms. The molecule has 7 N–H and O–H groups in total. The maximum Gasteiger partial charge on any atom is 0.255 e. The Bertz CT molecular complexity index is 1330. The van der Waals surface area contributed by atoms with Crippen molar-refractivity contribution in [2.45, 2.75) is 43.9 Å². The molecule has 11 nitrogen and oxygen atoms in total. The Kier molecular flexibility index (Phi) is 6.08. The van der Waals surface area contributed by atoms with Crippen LogP contribution in [0.1, 0.15) is 42.5 Å². The third kappa shape index (κ3) is 3.35. The van der Waals surface area contributed by atoms with E-state index in [2.05, 4.69) is 10.2 Å². The third-order valence-electron chi connectivity index (χ3n) is 8.68. The number of nitrogens with one attached hydrogen (secondary N) is 1. The Morgan fingerprint density at radius 1 is 1.26 bits per heavy atom. The van der Waals surface area contributed by atoms with Crippen LogP contribution in [0.5, 0.6) is 5.75 Å². The summed E-state index contributed by atoms with van der Waals surface area (Å²) in [7, 11) is 5.10. The standard InChI is InChI=1S/C27H34N4O7/c1-5-29-15-6-7-31(4)20-12(15)10-16(32)18-13(20)8-11-9-14-21(30(2)3)23(34)19(26(28)37)25(36)27(14,38)24(35)17(11)22(18)33/h10-11,14-15,21,29,32-33,36,38H,5-9H2,1-4H3,(H2,28,37)/t11-,14-,15?,21-,27+/m1/s1. The van der Waals surface area contributed by atoms with E-state index in [9.17, 15) is 34.8 Å². The van der Waals surface area contributed by atoms with Crippen LogP contribution < -0.4 is 16.0 Å². The zero-order chi connectivity index (χ0) is 27.8. The molecule has 0 aromatic heterocycles. The highest BCUT2D eigenvalue weighted by molar-refractivity contribution is 6.24. The monoisotopic (exact) mass is 526 g/mol. The first-order chi connectivity index (χ1) is 17.9. The number of carbonyl (C=O) groups is 3. The van der Waals surface area contributed by atoms with Crippen molar-refractivity contribution in [3.8, 4) is 5.75 Å². The number of fused-ring (bicyclic) bond motifs is 5. The second-order valence-corrected chi connectivity index (χ2v) is 11.0. The lowest BCUT2D eigenvalue weighted by atomic mass is 9.57. The van der Waals surface area contributed by atoms with E-state index < -0.39 is 58.0 Å². The number of likely N-dealkylation sites (N-methyl/N-ethyl adjacent to an activating group) is 1. The molecule has 1 aromatic rings. The number of hydrogen-bond acceptors (Lipinski definition) is 10. The molecule has 1 unspecified atom stereocenters. The van der Waals surface area contributed by atoms with Crippen LogP contribution in [0.3, 0.4) is 0 Å². The first kappa shape index (κ1) is 26.2. The molecule has 1 fully saturated rings. The van der Waals surface area contributed by atoms with E-state index in [1.165, 1.54) is 4.90 Å². The summed E-state index contributed by atoms with van der Waals surface area (Å²) in [6, 6.07) is 0.506. The smallest absolute Gasteiger partial charge is 0.255 e. The molecule has 1 aliphatic heterocycles. The summed E-state index contributed by atoms with van der Waals surface area (Å²) >= 11 is 0. The van der Waals surface area contributed by atoms with Crippen molar-refractivity contribution in [1.82, 2.24) is 10.2 Å². The summed E-state index contributed by atoms with van der Waals surface area (Å²) in [5.41, 5.74) is 4.34. The fraction of sp³-hybridized carbons (Fsp3) is 0.519. The normalized spacial score (nSPS) is 30.7. The van der Waals surface area contributed by atoms with E-state index in [0.717, 1.165) is 30.8 Å². The maximum atomic E-state index is 13.9. The Morgan fingerprint density at radius 2 is 1.95 bits per heavy atom. The predicted octanol–water partition coefficient (Wildman–Crippen LogP) is 0.455. The second kappa shape index (κ2) is 8.82. The molecule has 38 heavy (non-hydrogen) atoms. The van der Waals surface area contributed by atoms with Crippen LogP contribution in [0.2, 0.25) is 0 Å². The summed E-state index contributed by atoms with van der Waals surface area (Å²) in [6.45, 7) is 3.49. The van der Waals surface area contributed by atoms with Crippen LogP contribution in [0.25, 0.3) is 5.76 Å². The molecular weight excluding hydrogens is 492 g/mol. The summed E-state index contributed by atoms with van der Waals surface area (Å²) in [5, 5.41) is 48.6. The summed E-state index contributed by atoms with van der Waals surface area (Å²) in [4.78, 5) is 42.8. The Morgan fingerprint density at radius 3 is 2.55 bits per heavy atom. The van der Waals surface area contributed by atoms with Crippen LogP contribution in [0.15, 0.2) is 23.0 Å². The van der Waals surface area contributed by atoms with Gasteiger partial charge in [-0.2, -0.15) is 0 Å². The molecule has 11 heteroatoms. The minimum atomic E-state index is -2.64. The summed E-state index contributed by atoms with van der Waals surface area (Å²) in [5.74, 6) is -6.47. The lowest BCUT2D eigenvalue weighted by molar-refractivity contribution is -0.153. The number of hydrogen-bond donors (Lipinski definition) is 6. The Hall–Kier alpha value is -3.41. The molecule has 0 saturated heterocycles. The summed E-state index contributed by atoms with van der Waals surface area (Å²) < 4.78 is 0. The van der Waals surface area contributed by atoms with Crippen LogP contribution in [0.4, 0.5) is 5.69 Å². The van der Waals surface area contributed by atoms with Gasteiger partial charge in [0.05, 0.1) is 11.6 Å². The number of ketones is 2. The van der Waals surface area contributed by atoms with E-state index >= 15 is 0 Å². The molecule has 1 amide bonds. The van der Waals surface area contributed by atoms with Gasteiger partial charge in [0.1, 0.15) is 22.8 Å². The van der Waals surface area contributed by atoms with Gasteiger partial charge in [0, 0.05) is 36.8 Å². The number of anilines is 1. The zero-order valence-electron chi connectivity index (χ0n) is 21.9. The van der Waals surface area contributed by atoms with E-state index in [4.69, 9.17) is 5.73 Å². The highest BCUT2D eigenvalue weighted by atomic mass is 16.3. The minimum absolute atomic E-state index is 0.0105. The number of aromatic hydroxyl groups is 1. The van der Waals surface area contributed by atoms with E-state index in [0.29, 0.717) is 5.56 Å². The largest absolute Gasteiger partial charge is 0.508 e. The number of amides is 1. The second-order valence-electron chi connectivity index (χ2n) is 11.0. The first-order valence-electron chi connectivity index (χ1n) is 12.8. The fourth-order valence-electron chi connectivity index (χ4n) is 7.10. The van der Waals surface area contributed by atoms with Gasteiger partial charge in [0.15, 0.2) is 11.4 Å². The predicted molar refractivity (Wildman–Crippen MR) is 139 cm³/mol. The number of primary amides is 1. The maximum absolute atomic E-state index is 13.9. The van der Waals surface area contributed by atoms with E-state index in [-0.39, 0.29) is 35.8 Å². The Labute approximate surface area is 220 Å². The highest BCUT2D eigenvalue weighted by Crippen LogP contribution is 2.55. The molecule has 1 heterocycles. The van der Waals surface area contributed by atoms with E-state index in [1.807, 2.05) is 14.0 Å². The highest BCUT2D eigenvalue weighted by Gasteiger charge is 2.64. The number of aliphatic hydroxyl groups excluding tert-OH is 2. The van der Waals surface area contributed by atoms with Crippen molar-refractivity contribution in [2.75, 3.05) is 39.1 Å². The molecule has 1 aromatic carbocycles. The number of benzene rings is 1. The van der Waals surface area contributed by atoms with Gasteiger partial charge in [-0.3, -0.25) is 19.3 Å². The minimum Gasteiger partial charge on any atom is -0.508 e. The topological polar surface area (TPSA) is 177 Å². The number of phenols is 1. The number of carbonyl (C=O) groups excluding carboxylic acids is 3. The van der Waals surface area contributed by atoms with Crippen LogP contribution in [-0.2, 0) is 20.8 Å². The molecule has 3 aliphatic carbocycles. The molecule has 4 aliphatic rings. The molecule has 0 bridgehead atoms. The van der Waals surface area contributed by atoms with Gasteiger partial charge in [-0.25, -0.2) is 0 Å². The van der Waals surface area contributed by atoms with Gasteiger partial charge in [0.2, 0.25) is 5.78 Å². The van der Waals surface area contributed by atoms with Crippen molar-refractivity contribution in [3.63, 3.8) is 0 Å². The number of nitrogens with two attached hydrogens (primary N) is 1. The first-order valence-corrected chi connectivity index (χ1v) is 12.8. The van der Waals surface area contributed by atoms with Crippen LogP contribution in [0, 0.1) is 11.8 Å². The number of rotatable bonds is 4.